The Morgan fingerprint density at radius 1 is 1.42 bits per heavy atom. The molecule has 2 rings (SSSR count). The smallest absolute Gasteiger partial charge is 0.206 e. The summed E-state index contributed by atoms with van der Waals surface area (Å²) in [5.41, 5.74) is 3.40. The summed E-state index contributed by atoms with van der Waals surface area (Å²) in [4.78, 5) is 6.61. The maximum absolute atomic E-state index is 4.54. The van der Waals surface area contributed by atoms with Gasteiger partial charge in [-0.3, -0.25) is 4.99 Å². The molecule has 0 unspecified atom stereocenters. The van der Waals surface area contributed by atoms with Gasteiger partial charge in [-0.25, -0.2) is 4.68 Å². The Balaban J connectivity index is 2.32. The van der Waals surface area contributed by atoms with Crippen molar-refractivity contribution in [2.45, 2.75) is 20.8 Å². The first kappa shape index (κ1) is 14.0. The maximum Gasteiger partial charge on any atom is 0.206 e. The van der Waals surface area contributed by atoms with Gasteiger partial charge in [0, 0.05) is 5.38 Å². The third-order valence-corrected chi connectivity index (χ3v) is 4.45. The van der Waals surface area contributed by atoms with E-state index in [0.29, 0.717) is 6.54 Å². The van der Waals surface area contributed by atoms with Crippen molar-refractivity contribution in [3.63, 3.8) is 0 Å². The number of rotatable bonds is 4. The normalized spacial score (nSPS) is 12.5. The van der Waals surface area contributed by atoms with Gasteiger partial charge in [0.25, 0.3) is 0 Å². The average Bonchev–Trinajstić information content (AvgIpc) is 2.91. The Hall–Kier alpha value is -1.46. The molecule has 0 bridgehead atoms. The van der Waals surface area contributed by atoms with Crippen molar-refractivity contribution in [2.75, 3.05) is 6.54 Å². The second-order valence-corrected chi connectivity index (χ2v) is 6.24. The van der Waals surface area contributed by atoms with Gasteiger partial charge in [0.1, 0.15) is 0 Å². The monoisotopic (exact) mass is 291 g/mol. The molecular weight excluding hydrogens is 274 g/mol. The summed E-state index contributed by atoms with van der Waals surface area (Å²) in [5.74, 6) is 0. The van der Waals surface area contributed by atoms with Gasteiger partial charge in [-0.15, -0.1) is 22.7 Å². The summed E-state index contributed by atoms with van der Waals surface area (Å²) in [6, 6.07) is 2.10. The molecule has 0 saturated carbocycles. The minimum atomic E-state index is 0.646. The van der Waals surface area contributed by atoms with Gasteiger partial charge >= 0.3 is 0 Å². The van der Waals surface area contributed by atoms with E-state index in [9.17, 15) is 0 Å². The molecule has 0 radical (unpaired) electrons. The predicted octanol–water partition coefficient (Wildman–Crippen LogP) is 3.59. The summed E-state index contributed by atoms with van der Waals surface area (Å²) in [6.45, 7) is 10.6. The van der Waals surface area contributed by atoms with Gasteiger partial charge in [-0.05, 0) is 37.8 Å². The summed E-state index contributed by atoms with van der Waals surface area (Å²) < 4.78 is 1.88. The summed E-state index contributed by atoms with van der Waals surface area (Å²) >= 11 is 3.30. The van der Waals surface area contributed by atoms with Crippen LogP contribution in [-0.4, -0.2) is 17.4 Å². The van der Waals surface area contributed by atoms with Gasteiger partial charge < -0.3 is 0 Å². The fraction of sp³-hybridized carbons (Fsp3) is 0.286. The van der Waals surface area contributed by atoms with Crippen molar-refractivity contribution in [3.05, 3.63) is 49.9 Å². The molecule has 2 aromatic heterocycles. The Bertz CT molecular complexity index is 671. The van der Waals surface area contributed by atoms with Crippen LogP contribution in [0.4, 0.5) is 0 Å². The summed E-state index contributed by atoms with van der Waals surface area (Å²) in [6.07, 6.45) is 1.90. The average molecular weight is 291 g/mol. The quantitative estimate of drug-likeness (QED) is 0.609. The maximum atomic E-state index is 4.54. The molecule has 0 saturated heterocycles. The third kappa shape index (κ3) is 3.52. The highest BCUT2D eigenvalue weighted by atomic mass is 32.1. The van der Waals surface area contributed by atoms with E-state index in [1.165, 1.54) is 10.4 Å². The Morgan fingerprint density at radius 2 is 2.21 bits per heavy atom. The molecule has 2 aromatic rings. The van der Waals surface area contributed by atoms with Crippen LogP contribution in [0.15, 0.2) is 39.1 Å². The number of aryl methyl sites for hydroxylation is 2. The highest BCUT2D eigenvalue weighted by Gasteiger charge is 2.00. The number of thiazole rings is 1. The number of hydrogen-bond donors (Lipinski definition) is 0. The first-order valence-electron chi connectivity index (χ1n) is 5.98. The number of hydrogen-bond acceptors (Lipinski definition) is 4. The van der Waals surface area contributed by atoms with Gasteiger partial charge in [0.15, 0.2) is 0 Å². The van der Waals surface area contributed by atoms with Crippen LogP contribution in [0.25, 0.3) is 0 Å². The second-order valence-electron chi connectivity index (χ2n) is 4.46. The molecule has 5 heteroatoms. The lowest BCUT2D eigenvalue weighted by atomic mass is 10.3. The van der Waals surface area contributed by atoms with Crippen LogP contribution in [0.2, 0.25) is 0 Å². The van der Waals surface area contributed by atoms with Gasteiger partial charge in [-0.2, -0.15) is 5.10 Å². The molecule has 0 aliphatic carbocycles. The van der Waals surface area contributed by atoms with E-state index in [0.717, 1.165) is 16.1 Å². The molecule has 0 amide bonds. The van der Waals surface area contributed by atoms with Crippen LogP contribution >= 0.6 is 22.7 Å². The summed E-state index contributed by atoms with van der Waals surface area (Å²) in [7, 11) is 0. The summed E-state index contributed by atoms with van der Waals surface area (Å²) in [5, 5.41) is 8.68. The van der Waals surface area contributed by atoms with Crippen LogP contribution in [-0.2, 0) is 0 Å². The zero-order chi connectivity index (χ0) is 13.8. The highest BCUT2D eigenvalue weighted by molar-refractivity contribution is 7.11. The second kappa shape index (κ2) is 6.12. The molecule has 0 aromatic carbocycles. The predicted molar refractivity (Wildman–Crippen MR) is 84.3 cm³/mol. The van der Waals surface area contributed by atoms with Gasteiger partial charge in [0.2, 0.25) is 4.80 Å². The van der Waals surface area contributed by atoms with Crippen molar-refractivity contribution in [3.8, 4) is 0 Å². The molecule has 19 heavy (non-hydrogen) atoms. The van der Waals surface area contributed by atoms with Crippen molar-refractivity contribution < 1.29 is 0 Å². The van der Waals surface area contributed by atoms with E-state index in [4.69, 9.17) is 0 Å². The lowest BCUT2D eigenvalue weighted by Gasteiger charge is -1.97. The largest absolute Gasteiger partial charge is 0.253 e. The van der Waals surface area contributed by atoms with E-state index in [1.54, 1.807) is 22.7 Å². The number of thiophene rings is 1. The number of aromatic nitrogens is 1. The van der Waals surface area contributed by atoms with Gasteiger partial charge in [-0.1, -0.05) is 12.2 Å². The van der Waals surface area contributed by atoms with Crippen LogP contribution in [0.5, 0.6) is 0 Å². The SMILES string of the molecule is C=C(C)CN=c1scc(C)n1/N=C\c1sccc1C. The zero-order valence-electron chi connectivity index (χ0n) is 11.4. The molecule has 0 N–H and O–H groups in total. The van der Waals surface area contributed by atoms with Crippen molar-refractivity contribution in [1.82, 2.24) is 4.68 Å². The van der Waals surface area contributed by atoms with Crippen LogP contribution in [0.1, 0.15) is 23.1 Å². The van der Waals surface area contributed by atoms with E-state index in [1.807, 2.05) is 24.7 Å². The lowest BCUT2D eigenvalue weighted by Crippen LogP contribution is -2.12. The minimum absolute atomic E-state index is 0.646. The molecular formula is C14H17N3S2. The van der Waals surface area contributed by atoms with Crippen LogP contribution in [0, 0.1) is 13.8 Å². The molecule has 0 aliphatic heterocycles. The Kier molecular flexibility index (Phi) is 4.50. The Labute approximate surface area is 121 Å². The fourth-order valence-electron chi connectivity index (χ4n) is 1.46. The molecule has 3 nitrogen and oxygen atoms in total. The number of nitrogens with zero attached hydrogens (tertiary/aromatic N) is 3. The Morgan fingerprint density at radius 3 is 2.84 bits per heavy atom. The van der Waals surface area contributed by atoms with E-state index in [-0.39, 0.29) is 0 Å². The topological polar surface area (TPSA) is 29.6 Å². The molecule has 0 atom stereocenters. The first-order valence-corrected chi connectivity index (χ1v) is 7.74. The highest BCUT2D eigenvalue weighted by Crippen LogP contribution is 2.12. The fourth-order valence-corrected chi connectivity index (χ4v) is 3.05. The van der Waals surface area contributed by atoms with Crippen LogP contribution < -0.4 is 4.80 Å². The molecule has 0 aliphatic rings. The van der Waals surface area contributed by atoms with E-state index >= 15 is 0 Å². The van der Waals surface area contributed by atoms with Gasteiger partial charge in [0.05, 0.1) is 23.3 Å². The van der Waals surface area contributed by atoms with Crippen LogP contribution in [0.3, 0.4) is 0 Å². The standard InChI is InChI=1S/C14H17N3S2/c1-10(2)7-15-14-17(12(4)9-19-14)16-8-13-11(3)5-6-18-13/h5-6,8-9H,1,7H2,2-4H3/b15-14?,16-8-. The lowest BCUT2D eigenvalue weighted by molar-refractivity contribution is 0.796. The molecule has 0 spiro atoms. The van der Waals surface area contributed by atoms with E-state index in [2.05, 4.69) is 40.4 Å². The zero-order valence-corrected chi connectivity index (χ0v) is 13.0. The molecule has 100 valence electrons. The molecule has 0 fully saturated rings. The minimum Gasteiger partial charge on any atom is -0.253 e. The molecule has 2 heterocycles. The van der Waals surface area contributed by atoms with Crippen molar-refractivity contribution in [1.29, 1.82) is 0 Å². The third-order valence-electron chi connectivity index (χ3n) is 2.53. The van der Waals surface area contributed by atoms with Crippen molar-refractivity contribution in [2.24, 2.45) is 10.1 Å². The van der Waals surface area contributed by atoms with E-state index < -0.39 is 0 Å². The van der Waals surface area contributed by atoms with Crippen molar-refractivity contribution >= 4 is 28.9 Å². The first-order chi connectivity index (χ1) is 9.08.